The predicted molar refractivity (Wildman–Crippen MR) is 96.0 cm³/mol. The topological polar surface area (TPSA) is 30.9 Å². The lowest BCUT2D eigenvalue weighted by Gasteiger charge is -2.45. The van der Waals surface area contributed by atoms with E-state index in [9.17, 15) is 4.39 Å². The van der Waals surface area contributed by atoms with Crippen molar-refractivity contribution >= 4 is 0 Å². The molecule has 1 aromatic carbocycles. The van der Waals surface area contributed by atoms with E-state index in [0.29, 0.717) is 18.8 Å². The van der Waals surface area contributed by atoms with Gasteiger partial charge in [0.15, 0.2) is 17.3 Å². The van der Waals surface area contributed by atoms with Gasteiger partial charge in [-0.15, -0.1) is 0 Å². The van der Waals surface area contributed by atoms with Gasteiger partial charge in [-0.3, -0.25) is 4.90 Å². The zero-order valence-corrected chi connectivity index (χ0v) is 16.0. The molecule has 0 amide bonds. The standard InChI is InChI=1S/C20H30FNO3/c1-6-24-19-17(23-5)11-15-14(18(19)21)9-10-22-12-13(7-8-16(15)22)25-20(2,3)4/h11,13,16H,6-10,12H2,1-5H3. The van der Waals surface area contributed by atoms with Crippen LogP contribution >= 0.6 is 0 Å². The summed E-state index contributed by atoms with van der Waals surface area (Å²) >= 11 is 0. The van der Waals surface area contributed by atoms with Crippen molar-refractivity contribution in [1.82, 2.24) is 4.90 Å². The maximum Gasteiger partial charge on any atom is 0.197 e. The molecule has 2 atom stereocenters. The molecule has 5 heteroatoms. The molecular weight excluding hydrogens is 321 g/mol. The number of hydrogen-bond acceptors (Lipinski definition) is 4. The van der Waals surface area contributed by atoms with Crippen LogP contribution in [0.1, 0.15) is 57.7 Å². The highest BCUT2D eigenvalue weighted by atomic mass is 19.1. The maximum absolute atomic E-state index is 15.0. The van der Waals surface area contributed by atoms with Gasteiger partial charge in [-0.2, -0.15) is 0 Å². The lowest BCUT2D eigenvalue weighted by molar-refractivity contribution is -0.0972. The Balaban J connectivity index is 1.86. The molecule has 1 fully saturated rings. The van der Waals surface area contributed by atoms with Gasteiger partial charge in [-0.05, 0) is 64.2 Å². The highest BCUT2D eigenvalue weighted by Gasteiger charge is 2.37. The molecule has 3 rings (SSSR count). The molecule has 140 valence electrons. The molecule has 4 nitrogen and oxygen atoms in total. The van der Waals surface area contributed by atoms with E-state index in [0.717, 1.165) is 37.1 Å². The first kappa shape index (κ1) is 18.5. The summed E-state index contributed by atoms with van der Waals surface area (Å²) in [6, 6.07) is 2.22. The minimum absolute atomic E-state index is 0.132. The lowest BCUT2D eigenvalue weighted by Crippen LogP contribution is -2.47. The lowest BCUT2D eigenvalue weighted by atomic mass is 9.85. The van der Waals surface area contributed by atoms with E-state index in [1.165, 1.54) is 0 Å². The molecule has 2 heterocycles. The van der Waals surface area contributed by atoms with E-state index in [1.54, 1.807) is 7.11 Å². The van der Waals surface area contributed by atoms with Crippen molar-refractivity contribution in [3.05, 3.63) is 23.0 Å². The summed E-state index contributed by atoms with van der Waals surface area (Å²) in [4.78, 5) is 2.43. The number of methoxy groups -OCH3 is 1. The second kappa shape index (κ2) is 7.12. The fourth-order valence-corrected chi connectivity index (χ4v) is 4.11. The third-order valence-corrected chi connectivity index (χ3v) is 5.00. The SMILES string of the molecule is CCOc1c(OC)cc2c(c1F)CCN1CC(OC(C)(C)C)CCC21. The number of benzene rings is 1. The summed E-state index contributed by atoms with van der Waals surface area (Å²) in [7, 11) is 1.57. The number of halogens is 1. The monoisotopic (exact) mass is 351 g/mol. The van der Waals surface area contributed by atoms with Crippen LogP contribution in [0.15, 0.2) is 6.07 Å². The molecule has 1 saturated heterocycles. The molecule has 2 unspecified atom stereocenters. The maximum atomic E-state index is 15.0. The van der Waals surface area contributed by atoms with Gasteiger partial charge < -0.3 is 14.2 Å². The largest absolute Gasteiger partial charge is 0.493 e. The van der Waals surface area contributed by atoms with E-state index in [4.69, 9.17) is 14.2 Å². The molecule has 25 heavy (non-hydrogen) atoms. The van der Waals surface area contributed by atoms with Crippen molar-refractivity contribution in [3.63, 3.8) is 0 Å². The first-order valence-corrected chi connectivity index (χ1v) is 9.28. The third-order valence-electron chi connectivity index (χ3n) is 5.00. The zero-order chi connectivity index (χ0) is 18.2. The Morgan fingerprint density at radius 1 is 1.28 bits per heavy atom. The minimum Gasteiger partial charge on any atom is -0.493 e. The van der Waals surface area contributed by atoms with Gasteiger partial charge in [0.25, 0.3) is 0 Å². The van der Waals surface area contributed by atoms with Crippen LogP contribution in [0.5, 0.6) is 11.5 Å². The Labute approximate surface area is 150 Å². The molecule has 0 radical (unpaired) electrons. The van der Waals surface area contributed by atoms with Gasteiger partial charge in [0.05, 0.1) is 25.4 Å². The van der Waals surface area contributed by atoms with E-state index < -0.39 is 0 Å². The normalized spacial score (nSPS) is 23.8. The highest BCUT2D eigenvalue weighted by Crippen LogP contribution is 2.44. The fourth-order valence-electron chi connectivity index (χ4n) is 4.11. The second-order valence-electron chi connectivity index (χ2n) is 7.91. The average Bonchev–Trinajstić information content (AvgIpc) is 2.55. The summed E-state index contributed by atoms with van der Waals surface area (Å²) in [6.45, 7) is 10.3. The van der Waals surface area contributed by atoms with Crippen LogP contribution in [0, 0.1) is 5.82 Å². The van der Waals surface area contributed by atoms with Crippen LogP contribution in [-0.4, -0.2) is 43.4 Å². The minimum atomic E-state index is -0.246. The van der Waals surface area contributed by atoms with Gasteiger partial charge in [0.1, 0.15) is 0 Å². The van der Waals surface area contributed by atoms with Gasteiger partial charge in [-0.25, -0.2) is 4.39 Å². The van der Waals surface area contributed by atoms with Crippen LogP contribution in [0.4, 0.5) is 4.39 Å². The van der Waals surface area contributed by atoms with Crippen LogP contribution in [0.2, 0.25) is 0 Å². The van der Waals surface area contributed by atoms with E-state index >= 15 is 0 Å². The van der Waals surface area contributed by atoms with E-state index in [1.807, 2.05) is 13.0 Å². The smallest absolute Gasteiger partial charge is 0.197 e. The quantitative estimate of drug-likeness (QED) is 0.817. The van der Waals surface area contributed by atoms with Crippen LogP contribution in [0.25, 0.3) is 0 Å². The molecule has 0 spiro atoms. The number of fused-ring (bicyclic) bond motifs is 3. The summed E-state index contributed by atoms with van der Waals surface area (Å²) in [5.41, 5.74) is 1.71. The number of hydrogen-bond donors (Lipinski definition) is 0. The van der Waals surface area contributed by atoms with E-state index in [2.05, 4.69) is 25.7 Å². The molecule has 0 aliphatic carbocycles. The fraction of sp³-hybridized carbons (Fsp3) is 0.700. The molecular formula is C20H30FNO3. The summed E-state index contributed by atoms with van der Waals surface area (Å²) in [6.07, 6.45) is 2.91. The Morgan fingerprint density at radius 2 is 2.04 bits per heavy atom. The van der Waals surface area contributed by atoms with Crippen molar-refractivity contribution in [2.75, 3.05) is 26.8 Å². The Morgan fingerprint density at radius 3 is 2.68 bits per heavy atom. The predicted octanol–water partition coefficient (Wildman–Crippen LogP) is 4.11. The van der Waals surface area contributed by atoms with Crippen molar-refractivity contribution in [2.45, 2.75) is 64.7 Å². The Kier molecular flexibility index (Phi) is 5.26. The second-order valence-corrected chi connectivity index (χ2v) is 7.91. The molecule has 0 saturated carbocycles. The molecule has 2 aliphatic rings. The van der Waals surface area contributed by atoms with Crippen LogP contribution in [0.3, 0.4) is 0 Å². The van der Waals surface area contributed by atoms with Crippen LogP contribution < -0.4 is 9.47 Å². The Bertz CT molecular complexity index is 626. The number of rotatable bonds is 4. The van der Waals surface area contributed by atoms with Gasteiger partial charge in [-0.1, -0.05) is 0 Å². The molecule has 0 N–H and O–H groups in total. The van der Waals surface area contributed by atoms with Crippen molar-refractivity contribution in [2.24, 2.45) is 0 Å². The van der Waals surface area contributed by atoms with Gasteiger partial charge in [0, 0.05) is 19.1 Å². The first-order chi connectivity index (χ1) is 11.8. The molecule has 0 bridgehead atoms. The average molecular weight is 351 g/mol. The first-order valence-electron chi connectivity index (χ1n) is 9.28. The molecule has 1 aromatic rings. The molecule has 2 aliphatic heterocycles. The summed E-state index contributed by atoms with van der Waals surface area (Å²) in [5.74, 6) is 0.499. The Hall–Kier alpha value is -1.33. The number of ether oxygens (including phenoxy) is 3. The third kappa shape index (κ3) is 3.77. The van der Waals surface area contributed by atoms with Gasteiger partial charge in [0.2, 0.25) is 0 Å². The van der Waals surface area contributed by atoms with Crippen LogP contribution in [-0.2, 0) is 11.2 Å². The van der Waals surface area contributed by atoms with Crippen molar-refractivity contribution in [3.8, 4) is 11.5 Å². The zero-order valence-electron chi connectivity index (χ0n) is 16.0. The summed E-state index contributed by atoms with van der Waals surface area (Å²) < 4.78 is 32.1. The molecule has 0 aromatic heterocycles. The number of piperidine rings is 1. The van der Waals surface area contributed by atoms with Gasteiger partial charge >= 0.3 is 0 Å². The van der Waals surface area contributed by atoms with Crippen molar-refractivity contribution in [1.29, 1.82) is 0 Å². The number of nitrogens with zero attached hydrogens (tertiary/aromatic N) is 1. The van der Waals surface area contributed by atoms with E-state index in [-0.39, 0.29) is 29.3 Å². The summed E-state index contributed by atoms with van der Waals surface area (Å²) in [5, 5.41) is 0. The van der Waals surface area contributed by atoms with Crippen molar-refractivity contribution < 1.29 is 18.6 Å². The highest BCUT2D eigenvalue weighted by molar-refractivity contribution is 5.51.